The molecule has 1 aliphatic rings. The summed E-state index contributed by atoms with van der Waals surface area (Å²) in [6.07, 6.45) is 1.43. The van der Waals surface area contributed by atoms with Gasteiger partial charge in [-0.15, -0.1) is 0 Å². The first-order valence-electron chi connectivity index (χ1n) is 11.2. The Labute approximate surface area is 197 Å². The molecule has 1 aromatic heterocycles. The van der Waals surface area contributed by atoms with Crippen LogP contribution in [0.15, 0.2) is 35.1 Å². The molecule has 178 valence electrons. The van der Waals surface area contributed by atoms with E-state index < -0.39 is 11.5 Å². The van der Waals surface area contributed by atoms with E-state index in [0.29, 0.717) is 48.6 Å². The Morgan fingerprint density at radius 2 is 1.91 bits per heavy atom. The standard InChI is InChI=1S/C25H28N4O5/c1-4-34-25(33)19-6-5-11-28(14-19)23(31)18-7-9-20(10-8-18)27-22(30)15-29-17(3)12-16(2)21(13-26)24(29)32/h7-10,12,19H,4-6,11,14-15H2,1-3H3,(H,27,30). The average molecular weight is 465 g/mol. The second kappa shape index (κ2) is 10.8. The SMILES string of the molecule is CCOC(=O)C1CCCN(C(=O)c2ccc(NC(=O)Cn3c(C)cc(C)c(C#N)c3=O)cc2)C1. The van der Waals surface area contributed by atoms with Crippen molar-refractivity contribution in [3.05, 3.63) is 63.1 Å². The fourth-order valence-corrected chi connectivity index (χ4v) is 4.10. The van der Waals surface area contributed by atoms with E-state index in [1.54, 1.807) is 56.0 Å². The molecule has 2 heterocycles. The molecule has 34 heavy (non-hydrogen) atoms. The number of carbonyl (C=O) groups is 3. The van der Waals surface area contributed by atoms with E-state index in [1.165, 1.54) is 4.57 Å². The Kier molecular flexibility index (Phi) is 7.84. The number of amides is 2. The van der Waals surface area contributed by atoms with Gasteiger partial charge in [-0.3, -0.25) is 19.2 Å². The number of aromatic nitrogens is 1. The van der Waals surface area contributed by atoms with Crippen LogP contribution in [0.25, 0.3) is 0 Å². The fourth-order valence-electron chi connectivity index (χ4n) is 4.10. The number of piperidine rings is 1. The average Bonchev–Trinajstić information content (AvgIpc) is 2.82. The van der Waals surface area contributed by atoms with Gasteiger partial charge in [0.2, 0.25) is 5.91 Å². The van der Waals surface area contributed by atoms with Crippen molar-refractivity contribution in [2.75, 3.05) is 25.0 Å². The van der Waals surface area contributed by atoms with Gasteiger partial charge in [-0.1, -0.05) is 0 Å². The second-order valence-electron chi connectivity index (χ2n) is 8.31. The number of hydrogen-bond donors (Lipinski definition) is 1. The van der Waals surface area contributed by atoms with Crippen LogP contribution >= 0.6 is 0 Å². The van der Waals surface area contributed by atoms with Crippen LogP contribution in [0.4, 0.5) is 5.69 Å². The number of benzene rings is 1. The maximum atomic E-state index is 12.9. The van der Waals surface area contributed by atoms with Gasteiger partial charge in [0.25, 0.3) is 11.5 Å². The molecule has 1 aliphatic heterocycles. The topological polar surface area (TPSA) is 122 Å². The van der Waals surface area contributed by atoms with Crippen molar-refractivity contribution in [2.45, 2.75) is 40.2 Å². The summed E-state index contributed by atoms with van der Waals surface area (Å²) < 4.78 is 6.35. The number of nitrogens with zero attached hydrogens (tertiary/aromatic N) is 3. The molecule has 1 atom stereocenters. The summed E-state index contributed by atoms with van der Waals surface area (Å²) in [6.45, 7) is 6.12. The maximum Gasteiger partial charge on any atom is 0.310 e. The summed E-state index contributed by atoms with van der Waals surface area (Å²) in [5, 5.41) is 11.9. The molecule has 2 aromatic rings. The van der Waals surface area contributed by atoms with Gasteiger partial charge in [-0.25, -0.2) is 0 Å². The number of ether oxygens (including phenoxy) is 1. The van der Waals surface area contributed by atoms with Gasteiger partial charge < -0.3 is 19.5 Å². The number of esters is 1. The van der Waals surface area contributed by atoms with Gasteiger partial charge in [0.1, 0.15) is 18.2 Å². The molecule has 1 unspecified atom stereocenters. The highest BCUT2D eigenvalue weighted by molar-refractivity contribution is 5.96. The van der Waals surface area contributed by atoms with Gasteiger partial charge in [0, 0.05) is 30.0 Å². The van der Waals surface area contributed by atoms with Crippen LogP contribution in [0.3, 0.4) is 0 Å². The number of carbonyl (C=O) groups excluding carboxylic acids is 3. The maximum absolute atomic E-state index is 12.9. The minimum Gasteiger partial charge on any atom is -0.466 e. The molecule has 1 N–H and O–H groups in total. The lowest BCUT2D eigenvalue weighted by atomic mass is 9.97. The molecule has 1 saturated heterocycles. The molecule has 3 rings (SSSR count). The molecule has 0 spiro atoms. The number of pyridine rings is 1. The van der Waals surface area contributed by atoms with E-state index in [-0.39, 0.29) is 29.9 Å². The lowest BCUT2D eigenvalue weighted by Crippen LogP contribution is -2.42. The Balaban J connectivity index is 1.64. The van der Waals surface area contributed by atoms with Crippen molar-refractivity contribution in [1.29, 1.82) is 5.26 Å². The van der Waals surface area contributed by atoms with Crippen LogP contribution < -0.4 is 10.9 Å². The van der Waals surface area contributed by atoms with E-state index in [9.17, 15) is 24.4 Å². The number of nitriles is 1. The van der Waals surface area contributed by atoms with Crippen LogP contribution in [-0.4, -0.2) is 46.9 Å². The Morgan fingerprint density at radius 3 is 2.56 bits per heavy atom. The van der Waals surface area contributed by atoms with Crippen molar-refractivity contribution >= 4 is 23.5 Å². The number of nitrogens with one attached hydrogen (secondary N) is 1. The zero-order valence-electron chi connectivity index (χ0n) is 19.6. The number of hydrogen-bond acceptors (Lipinski definition) is 6. The molecule has 1 aromatic carbocycles. The van der Waals surface area contributed by atoms with Crippen molar-refractivity contribution in [2.24, 2.45) is 5.92 Å². The molecule has 0 bridgehead atoms. The molecular formula is C25H28N4O5. The summed E-state index contributed by atoms with van der Waals surface area (Å²) in [5.41, 5.74) is 1.60. The predicted molar refractivity (Wildman–Crippen MR) is 125 cm³/mol. The van der Waals surface area contributed by atoms with Gasteiger partial charge in [-0.2, -0.15) is 5.26 Å². The van der Waals surface area contributed by atoms with Gasteiger partial charge in [0.05, 0.1) is 12.5 Å². The fraction of sp³-hybridized carbons (Fsp3) is 0.400. The van der Waals surface area contributed by atoms with Gasteiger partial charge >= 0.3 is 5.97 Å². The summed E-state index contributed by atoms with van der Waals surface area (Å²) >= 11 is 0. The number of aryl methyl sites for hydroxylation is 2. The van der Waals surface area contributed by atoms with Crippen LogP contribution in [0.2, 0.25) is 0 Å². The highest BCUT2D eigenvalue weighted by Gasteiger charge is 2.29. The monoisotopic (exact) mass is 464 g/mol. The second-order valence-corrected chi connectivity index (χ2v) is 8.31. The van der Waals surface area contributed by atoms with E-state index in [4.69, 9.17) is 4.74 Å². The summed E-state index contributed by atoms with van der Waals surface area (Å²) in [4.78, 5) is 51.6. The van der Waals surface area contributed by atoms with Crippen molar-refractivity contribution in [1.82, 2.24) is 9.47 Å². The lowest BCUT2D eigenvalue weighted by Gasteiger charge is -2.31. The van der Waals surface area contributed by atoms with Crippen molar-refractivity contribution < 1.29 is 19.1 Å². The molecule has 2 amide bonds. The van der Waals surface area contributed by atoms with Gasteiger partial charge in [0.15, 0.2) is 0 Å². The largest absolute Gasteiger partial charge is 0.466 e. The zero-order valence-corrected chi connectivity index (χ0v) is 19.6. The Hall–Kier alpha value is -3.93. The molecule has 0 aliphatic carbocycles. The van der Waals surface area contributed by atoms with Gasteiger partial charge in [-0.05, 0) is 69.5 Å². The third kappa shape index (κ3) is 5.52. The zero-order chi connectivity index (χ0) is 24.8. The summed E-state index contributed by atoms with van der Waals surface area (Å²) in [6, 6.07) is 10.0. The first-order valence-corrected chi connectivity index (χ1v) is 11.2. The molecule has 0 saturated carbocycles. The van der Waals surface area contributed by atoms with Crippen molar-refractivity contribution in [3.8, 4) is 6.07 Å². The lowest BCUT2D eigenvalue weighted by molar-refractivity contribution is -0.149. The Bertz CT molecular complexity index is 1190. The predicted octanol–water partition coefficient (Wildman–Crippen LogP) is 2.39. The van der Waals surface area contributed by atoms with E-state index in [1.807, 2.05) is 6.07 Å². The smallest absolute Gasteiger partial charge is 0.310 e. The minimum absolute atomic E-state index is 0.0178. The molecule has 9 heteroatoms. The van der Waals surface area contributed by atoms with Crippen LogP contribution in [-0.2, 0) is 20.9 Å². The van der Waals surface area contributed by atoms with E-state index in [2.05, 4.69) is 5.32 Å². The molecular weight excluding hydrogens is 436 g/mol. The molecule has 9 nitrogen and oxygen atoms in total. The number of rotatable bonds is 6. The summed E-state index contributed by atoms with van der Waals surface area (Å²) in [5.74, 6) is -1.20. The Morgan fingerprint density at radius 1 is 1.21 bits per heavy atom. The minimum atomic E-state index is -0.501. The van der Waals surface area contributed by atoms with Crippen LogP contribution in [0.5, 0.6) is 0 Å². The third-order valence-corrected chi connectivity index (χ3v) is 5.86. The van der Waals surface area contributed by atoms with Crippen LogP contribution in [0.1, 0.15) is 46.9 Å². The normalized spacial score (nSPS) is 15.4. The molecule has 0 radical (unpaired) electrons. The highest BCUT2D eigenvalue weighted by atomic mass is 16.5. The van der Waals surface area contributed by atoms with E-state index >= 15 is 0 Å². The molecule has 1 fully saturated rings. The first-order chi connectivity index (χ1) is 16.2. The quantitative estimate of drug-likeness (QED) is 0.655. The number of likely N-dealkylation sites (tertiary alicyclic amines) is 1. The van der Waals surface area contributed by atoms with Crippen molar-refractivity contribution in [3.63, 3.8) is 0 Å². The van der Waals surface area contributed by atoms with E-state index in [0.717, 1.165) is 6.42 Å². The third-order valence-electron chi connectivity index (χ3n) is 5.86. The summed E-state index contributed by atoms with van der Waals surface area (Å²) in [7, 11) is 0. The first kappa shape index (κ1) is 24.7. The highest BCUT2D eigenvalue weighted by Crippen LogP contribution is 2.21. The number of anilines is 1. The van der Waals surface area contributed by atoms with Crippen LogP contribution in [0, 0.1) is 31.1 Å².